The molecular weight excluding hydrogens is 256 g/mol. The van der Waals surface area contributed by atoms with Crippen molar-refractivity contribution in [3.05, 3.63) is 0 Å². The molecule has 4 rings (SSSR count). The Morgan fingerprint density at radius 2 is 1.95 bits per heavy atom. The van der Waals surface area contributed by atoms with Crippen molar-refractivity contribution in [2.45, 2.75) is 76.8 Å². The van der Waals surface area contributed by atoms with E-state index in [4.69, 9.17) is 0 Å². The lowest BCUT2D eigenvalue weighted by Crippen LogP contribution is -2.65. The van der Waals surface area contributed by atoms with E-state index in [0.29, 0.717) is 5.54 Å². The largest absolute Gasteiger partial charge is 0.308 e. The summed E-state index contributed by atoms with van der Waals surface area (Å²) in [6.45, 7) is 8.83. The second kappa shape index (κ2) is 5.53. The lowest BCUT2D eigenvalue weighted by Gasteiger charge is -2.49. The lowest BCUT2D eigenvalue weighted by molar-refractivity contribution is 0.0364. The third kappa shape index (κ3) is 2.67. The Morgan fingerprint density at radius 3 is 2.57 bits per heavy atom. The molecule has 1 N–H and O–H groups in total. The van der Waals surface area contributed by atoms with E-state index in [0.717, 1.165) is 29.7 Å². The number of hydrogen-bond acceptors (Lipinski definition) is 2. The van der Waals surface area contributed by atoms with Gasteiger partial charge in [-0.25, -0.2) is 0 Å². The van der Waals surface area contributed by atoms with E-state index in [2.05, 4.69) is 24.1 Å². The summed E-state index contributed by atoms with van der Waals surface area (Å²) in [5.41, 5.74) is 0.489. The van der Waals surface area contributed by atoms with Gasteiger partial charge >= 0.3 is 0 Å². The molecule has 1 aliphatic heterocycles. The molecule has 21 heavy (non-hydrogen) atoms. The van der Waals surface area contributed by atoms with Crippen LogP contribution in [0.5, 0.6) is 0 Å². The normalized spacial score (nSPS) is 42.4. The van der Waals surface area contributed by atoms with Crippen LogP contribution in [-0.4, -0.2) is 36.1 Å². The molecule has 0 radical (unpaired) electrons. The van der Waals surface area contributed by atoms with E-state index < -0.39 is 0 Å². The van der Waals surface area contributed by atoms with Crippen LogP contribution in [0.1, 0.15) is 65.2 Å². The maximum atomic E-state index is 3.97. The Morgan fingerprint density at radius 1 is 1.14 bits per heavy atom. The summed E-state index contributed by atoms with van der Waals surface area (Å²) in [4.78, 5) is 2.93. The predicted molar refractivity (Wildman–Crippen MR) is 88.3 cm³/mol. The number of rotatable bonds is 3. The van der Waals surface area contributed by atoms with Gasteiger partial charge in [0, 0.05) is 31.2 Å². The Kier molecular flexibility index (Phi) is 3.82. The first kappa shape index (κ1) is 14.5. The highest BCUT2D eigenvalue weighted by molar-refractivity contribution is 5.03. The number of piperazine rings is 1. The topological polar surface area (TPSA) is 15.3 Å². The Labute approximate surface area is 131 Å². The van der Waals surface area contributed by atoms with E-state index in [9.17, 15) is 0 Å². The van der Waals surface area contributed by atoms with E-state index in [1.54, 1.807) is 25.7 Å². The SMILES string of the molecule is CC(C)C1CNC2(CCCC2)CN1CC1CC2CCC1C2. The van der Waals surface area contributed by atoms with E-state index >= 15 is 0 Å². The summed E-state index contributed by atoms with van der Waals surface area (Å²) in [6.07, 6.45) is 11.9. The van der Waals surface area contributed by atoms with Crippen molar-refractivity contribution in [2.75, 3.05) is 19.6 Å². The number of fused-ring (bicyclic) bond motifs is 2. The fourth-order valence-electron chi connectivity index (χ4n) is 6.16. The second-order valence-corrected chi connectivity index (χ2v) is 9.04. The smallest absolute Gasteiger partial charge is 0.0309 e. The summed E-state index contributed by atoms with van der Waals surface area (Å²) in [5, 5.41) is 3.97. The van der Waals surface area contributed by atoms with E-state index in [1.165, 1.54) is 45.3 Å². The quantitative estimate of drug-likeness (QED) is 0.853. The molecule has 1 saturated heterocycles. The highest BCUT2D eigenvalue weighted by atomic mass is 15.3. The van der Waals surface area contributed by atoms with Gasteiger partial charge in [0.25, 0.3) is 0 Å². The minimum Gasteiger partial charge on any atom is -0.308 e. The predicted octanol–water partition coefficient (Wildman–Crippen LogP) is 3.67. The van der Waals surface area contributed by atoms with Crippen LogP contribution in [0, 0.1) is 23.7 Å². The second-order valence-electron chi connectivity index (χ2n) is 9.04. The molecule has 4 unspecified atom stereocenters. The summed E-state index contributed by atoms with van der Waals surface area (Å²) in [7, 11) is 0. The van der Waals surface area contributed by atoms with Crippen LogP contribution in [0.3, 0.4) is 0 Å². The van der Waals surface area contributed by atoms with Crippen LogP contribution >= 0.6 is 0 Å². The number of nitrogens with zero attached hydrogens (tertiary/aromatic N) is 1. The van der Waals surface area contributed by atoms with Crippen molar-refractivity contribution in [3.8, 4) is 0 Å². The van der Waals surface area contributed by atoms with Crippen molar-refractivity contribution >= 4 is 0 Å². The van der Waals surface area contributed by atoms with Gasteiger partial charge < -0.3 is 5.32 Å². The molecule has 4 fully saturated rings. The van der Waals surface area contributed by atoms with Crippen molar-refractivity contribution in [2.24, 2.45) is 23.7 Å². The molecule has 120 valence electrons. The first-order valence-electron chi connectivity index (χ1n) is 9.64. The zero-order valence-electron chi connectivity index (χ0n) is 14.1. The van der Waals surface area contributed by atoms with Crippen LogP contribution in [0.15, 0.2) is 0 Å². The third-order valence-electron chi connectivity index (χ3n) is 7.34. The third-order valence-corrected chi connectivity index (χ3v) is 7.34. The molecule has 1 spiro atoms. The van der Waals surface area contributed by atoms with Crippen LogP contribution in [0.2, 0.25) is 0 Å². The van der Waals surface area contributed by atoms with Crippen molar-refractivity contribution in [1.82, 2.24) is 10.2 Å². The van der Waals surface area contributed by atoms with Gasteiger partial charge in [0.1, 0.15) is 0 Å². The molecule has 0 amide bonds. The molecule has 1 heterocycles. The molecule has 2 nitrogen and oxygen atoms in total. The van der Waals surface area contributed by atoms with Gasteiger partial charge in [-0.15, -0.1) is 0 Å². The van der Waals surface area contributed by atoms with Gasteiger partial charge in [-0.3, -0.25) is 4.90 Å². The lowest BCUT2D eigenvalue weighted by atomic mass is 9.84. The molecule has 3 saturated carbocycles. The first-order valence-corrected chi connectivity index (χ1v) is 9.64. The molecular formula is C19H34N2. The van der Waals surface area contributed by atoms with Gasteiger partial charge in [0.2, 0.25) is 0 Å². The summed E-state index contributed by atoms with van der Waals surface area (Å²) >= 11 is 0. The molecule has 0 aromatic heterocycles. The Balaban J connectivity index is 1.45. The van der Waals surface area contributed by atoms with Crippen LogP contribution in [0.25, 0.3) is 0 Å². The molecule has 0 aromatic carbocycles. The highest BCUT2D eigenvalue weighted by Crippen LogP contribution is 2.49. The van der Waals surface area contributed by atoms with Crippen LogP contribution < -0.4 is 5.32 Å². The van der Waals surface area contributed by atoms with E-state index in [-0.39, 0.29) is 0 Å². The van der Waals surface area contributed by atoms with Gasteiger partial charge in [-0.1, -0.05) is 33.1 Å². The van der Waals surface area contributed by atoms with Gasteiger partial charge in [-0.05, 0) is 55.8 Å². The highest BCUT2D eigenvalue weighted by Gasteiger charge is 2.45. The molecule has 2 heteroatoms. The molecule has 0 aromatic rings. The maximum absolute atomic E-state index is 3.97. The average molecular weight is 290 g/mol. The van der Waals surface area contributed by atoms with Gasteiger partial charge in [-0.2, -0.15) is 0 Å². The minimum absolute atomic E-state index is 0.489. The maximum Gasteiger partial charge on any atom is 0.0309 e. The summed E-state index contributed by atoms with van der Waals surface area (Å²) in [5.74, 6) is 3.99. The zero-order valence-corrected chi connectivity index (χ0v) is 14.1. The Bertz CT molecular complexity index is 372. The fourth-order valence-corrected chi connectivity index (χ4v) is 6.16. The molecule has 4 aliphatic rings. The van der Waals surface area contributed by atoms with Crippen molar-refractivity contribution in [3.63, 3.8) is 0 Å². The first-order chi connectivity index (χ1) is 10.2. The Hall–Kier alpha value is -0.0800. The monoisotopic (exact) mass is 290 g/mol. The van der Waals surface area contributed by atoms with Gasteiger partial charge in [0.15, 0.2) is 0 Å². The number of nitrogens with one attached hydrogen (secondary N) is 1. The van der Waals surface area contributed by atoms with Crippen LogP contribution in [-0.2, 0) is 0 Å². The number of hydrogen-bond donors (Lipinski definition) is 1. The van der Waals surface area contributed by atoms with Gasteiger partial charge in [0.05, 0.1) is 0 Å². The van der Waals surface area contributed by atoms with E-state index in [1.807, 2.05) is 0 Å². The van der Waals surface area contributed by atoms with Crippen molar-refractivity contribution < 1.29 is 0 Å². The standard InChI is InChI=1S/C19H34N2/c1-14(2)18-11-20-19(7-3-4-8-19)13-21(18)12-17-10-15-5-6-16(17)9-15/h14-18,20H,3-13H2,1-2H3. The fraction of sp³-hybridized carbons (Fsp3) is 1.00. The average Bonchev–Trinajstić information content (AvgIpc) is 3.16. The van der Waals surface area contributed by atoms with Crippen LogP contribution in [0.4, 0.5) is 0 Å². The summed E-state index contributed by atoms with van der Waals surface area (Å²) < 4.78 is 0. The zero-order chi connectivity index (χ0) is 14.4. The molecule has 2 bridgehead atoms. The molecule has 4 atom stereocenters. The minimum atomic E-state index is 0.489. The summed E-state index contributed by atoms with van der Waals surface area (Å²) in [6, 6.07) is 0.773. The van der Waals surface area contributed by atoms with Crippen molar-refractivity contribution in [1.29, 1.82) is 0 Å². The molecule has 3 aliphatic carbocycles.